The van der Waals surface area contributed by atoms with Gasteiger partial charge in [0.1, 0.15) is 5.75 Å². The quantitative estimate of drug-likeness (QED) is 0.622. The van der Waals surface area contributed by atoms with Crippen LogP contribution in [-0.2, 0) is 10.0 Å². The van der Waals surface area contributed by atoms with E-state index in [4.69, 9.17) is 4.74 Å². The zero-order chi connectivity index (χ0) is 21.8. The molecule has 0 atom stereocenters. The van der Waals surface area contributed by atoms with E-state index in [9.17, 15) is 13.2 Å². The number of allylic oxidation sites excluding steroid dienone is 2. The standard InChI is InChI=1S/C24H20N2O4S/c1-2-30-18-14-12-17(13-15-18)25-23-16-22(20-10-6-7-11-21(20)24(23)27)26-31(28,29)19-8-4-3-5-9-19/h3-16,25H,2H2,1H3. The third-order valence-electron chi connectivity index (χ3n) is 4.68. The second kappa shape index (κ2) is 8.57. The van der Waals surface area contributed by atoms with Crippen molar-refractivity contribution >= 4 is 27.2 Å². The summed E-state index contributed by atoms with van der Waals surface area (Å²) < 4.78 is 35.1. The van der Waals surface area contributed by atoms with Crippen LogP contribution in [0.15, 0.2) is 99.9 Å². The van der Waals surface area contributed by atoms with Gasteiger partial charge in [0.2, 0.25) is 5.78 Å². The van der Waals surface area contributed by atoms with Crippen molar-refractivity contribution in [3.8, 4) is 5.75 Å². The number of fused-ring (bicyclic) bond motifs is 1. The van der Waals surface area contributed by atoms with Crippen molar-refractivity contribution < 1.29 is 17.9 Å². The maximum atomic E-state index is 13.0. The summed E-state index contributed by atoms with van der Waals surface area (Å²) in [6.45, 7) is 2.46. The molecule has 0 bridgehead atoms. The lowest BCUT2D eigenvalue weighted by Gasteiger charge is -2.19. The van der Waals surface area contributed by atoms with E-state index in [0.717, 1.165) is 5.75 Å². The first-order chi connectivity index (χ1) is 15.0. The van der Waals surface area contributed by atoms with Gasteiger partial charge in [-0.3, -0.25) is 4.79 Å². The van der Waals surface area contributed by atoms with Gasteiger partial charge in [0.25, 0.3) is 10.0 Å². The van der Waals surface area contributed by atoms with E-state index in [2.05, 4.69) is 9.71 Å². The van der Waals surface area contributed by atoms with Crippen molar-refractivity contribution in [2.24, 2.45) is 4.40 Å². The van der Waals surface area contributed by atoms with Crippen LogP contribution in [0.1, 0.15) is 22.8 Å². The van der Waals surface area contributed by atoms with Crippen LogP contribution in [0.4, 0.5) is 5.69 Å². The minimum Gasteiger partial charge on any atom is -0.494 e. The molecule has 6 nitrogen and oxygen atoms in total. The van der Waals surface area contributed by atoms with Crippen LogP contribution in [0.3, 0.4) is 0 Å². The molecule has 0 spiro atoms. The highest BCUT2D eigenvalue weighted by Gasteiger charge is 2.26. The topological polar surface area (TPSA) is 84.8 Å². The summed E-state index contributed by atoms with van der Waals surface area (Å²) in [6, 6.07) is 22.0. The largest absolute Gasteiger partial charge is 0.494 e. The summed E-state index contributed by atoms with van der Waals surface area (Å²) in [6.07, 6.45) is 1.47. The molecular weight excluding hydrogens is 412 g/mol. The molecule has 156 valence electrons. The lowest BCUT2D eigenvalue weighted by Crippen LogP contribution is -2.22. The number of Topliss-reactive ketones (excluding diaryl/α,β-unsaturated/α-hetero) is 1. The number of anilines is 1. The van der Waals surface area contributed by atoms with Crippen LogP contribution in [0.5, 0.6) is 5.75 Å². The van der Waals surface area contributed by atoms with E-state index in [1.165, 1.54) is 18.2 Å². The predicted molar refractivity (Wildman–Crippen MR) is 120 cm³/mol. The monoisotopic (exact) mass is 432 g/mol. The predicted octanol–water partition coefficient (Wildman–Crippen LogP) is 4.46. The molecule has 4 rings (SSSR count). The number of carbonyl (C=O) groups excluding carboxylic acids is 1. The first-order valence-electron chi connectivity index (χ1n) is 9.73. The van der Waals surface area contributed by atoms with Crippen LogP contribution in [0, 0.1) is 0 Å². The maximum absolute atomic E-state index is 13.0. The van der Waals surface area contributed by atoms with Crippen molar-refractivity contribution in [2.75, 3.05) is 11.9 Å². The average Bonchev–Trinajstić information content (AvgIpc) is 2.79. The highest BCUT2D eigenvalue weighted by atomic mass is 32.2. The van der Waals surface area contributed by atoms with Gasteiger partial charge in [-0.15, -0.1) is 0 Å². The summed E-state index contributed by atoms with van der Waals surface area (Å²) in [5.74, 6) is 0.485. The van der Waals surface area contributed by atoms with Crippen molar-refractivity contribution in [3.05, 3.63) is 102 Å². The molecule has 0 radical (unpaired) electrons. The Morgan fingerprint density at radius 2 is 1.52 bits per heavy atom. The van der Waals surface area contributed by atoms with Crippen LogP contribution < -0.4 is 10.1 Å². The minimum atomic E-state index is -3.94. The zero-order valence-corrected chi connectivity index (χ0v) is 17.6. The molecule has 0 fully saturated rings. The fourth-order valence-corrected chi connectivity index (χ4v) is 4.25. The molecule has 0 saturated heterocycles. The summed E-state index contributed by atoms with van der Waals surface area (Å²) >= 11 is 0. The minimum absolute atomic E-state index is 0.0892. The first-order valence-corrected chi connectivity index (χ1v) is 11.2. The fraction of sp³-hybridized carbons (Fsp3) is 0.0833. The molecule has 1 aliphatic rings. The molecule has 0 aromatic heterocycles. The van der Waals surface area contributed by atoms with Crippen LogP contribution >= 0.6 is 0 Å². The number of rotatable bonds is 6. The Kier molecular flexibility index (Phi) is 5.68. The molecule has 1 aliphatic carbocycles. The van der Waals surface area contributed by atoms with Gasteiger partial charge >= 0.3 is 0 Å². The van der Waals surface area contributed by atoms with E-state index in [1.54, 1.807) is 66.7 Å². The van der Waals surface area contributed by atoms with Crippen LogP contribution in [0.25, 0.3) is 0 Å². The van der Waals surface area contributed by atoms with Gasteiger partial charge in [-0.2, -0.15) is 12.8 Å². The number of ether oxygens (including phenoxy) is 1. The van der Waals surface area contributed by atoms with Crippen LogP contribution in [0.2, 0.25) is 0 Å². The van der Waals surface area contributed by atoms with Crippen molar-refractivity contribution in [3.63, 3.8) is 0 Å². The van der Waals surface area contributed by atoms with Gasteiger partial charge in [0.05, 0.1) is 22.9 Å². The van der Waals surface area contributed by atoms with Gasteiger partial charge in [0.15, 0.2) is 0 Å². The lowest BCUT2D eigenvalue weighted by molar-refractivity contribution is 0.103. The Morgan fingerprint density at radius 1 is 0.871 bits per heavy atom. The van der Waals surface area contributed by atoms with Gasteiger partial charge < -0.3 is 10.1 Å². The van der Waals surface area contributed by atoms with Crippen molar-refractivity contribution in [2.45, 2.75) is 11.8 Å². The number of sulfonamides is 1. The first kappa shape index (κ1) is 20.6. The molecule has 0 heterocycles. The molecule has 3 aromatic rings. The highest BCUT2D eigenvalue weighted by Crippen LogP contribution is 2.26. The third kappa shape index (κ3) is 4.41. The molecule has 0 aliphatic heterocycles. The SMILES string of the molecule is CCOc1ccc(NC2=CC(=NS(=O)(=O)c3ccccc3)c3ccccc3C2=O)cc1. The van der Waals surface area contributed by atoms with E-state index in [1.807, 2.05) is 6.92 Å². The average molecular weight is 433 g/mol. The Bertz CT molecular complexity index is 1280. The number of nitrogens with one attached hydrogen (secondary N) is 1. The van der Waals surface area contributed by atoms with Gasteiger partial charge in [-0.05, 0) is 49.4 Å². The van der Waals surface area contributed by atoms with Gasteiger partial charge in [-0.25, -0.2) is 0 Å². The molecular formula is C24H20N2O4S. The molecule has 1 N–H and O–H groups in total. The lowest BCUT2D eigenvalue weighted by atomic mass is 9.92. The molecule has 3 aromatic carbocycles. The third-order valence-corrected chi connectivity index (χ3v) is 5.98. The van der Waals surface area contributed by atoms with E-state index in [0.29, 0.717) is 23.4 Å². The zero-order valence-electron chi connectivity index (χ0n) is 16.8. The molecule has 0 saturated carbocycles. The van der Waals surface area contributed by atoms with Gasteiger partial charge in [0, 0.05) is 16.8 Å². The van der Waals surface area contributed by atoms with E-state index < -0.39 is 10.0 Å². The Hall–Kier alpha value is -3.71. The second-order valence-electron chi connectivity index (χ2n) is 6.78. The summed E-state index contributed by atoms with van der Waals surface area (Å²) in [7, 11) is -3.94. The summed E-state index contributed by atoms with van der Waals surface area (Å²) in [4.78, 5) is 13.1. The molecule has 0 amide bonds. The van der Waals surface area contributed by atoms with Crippen molar-refractivity contribution in [1.29, 1.82) is 0 Å². The maximum Gasteiger partial charge on any atom is 0.282 e. The van der Waals surface area contributed by atoms with Crippen LogP contribution in [-0.4, -0.2) is 26.5 Å². The smallest absolute Gasteiger partial charge is 0.282 e. The number of hydrogen-bond acceptors (Lipinski definition) is 5. The molecule has 0 unspecified atom stereocenters. The van der Waals surface area contributed by atoms with Gasteiger partial charge in [-0.1, -0.05) is 42.5 Å². The Balaban J connectivity index is 1.74. The highest BCUT2D eigenvalue weighted by molar-refractivity contribution is 7.90. The number of ketones is 1. The summed E-state index contributed by atoms with van der Waals surface area (Å²) in [5.41, 5.74) is 1.98. The fourth-order valence-electron chi connectivity index (χ4n) is 3.23. The number of benzene rings is 3. The summed E-state index contributed by atoms with van der Waals surface area (Å²) in [5, 5.41) is 3.08. The second-order valence-corrected chi connectivity index (χ2v) is 8.38. The van der Waals surface area contributed by atoms with E-state index >= 15 is 0 Å². The molecule has 7 heteroatoms. The Labute approximate surface area is 181 Å². The normalized spacial score (nSPS) is 14.7. The Morgan fingerprint density at radius 3 is 2.19 bits per heavy atom. The van der Waals surface area contributed by atoms with E-state index in [-0.39, 0.29) is 22.1 Å². The molecule has 31 heavy (non-hydrogen) atoms. The number of carbonyl (C=O) groups is 1. The van der Waals surface area contributed by atoms with Crippen molar-refractivity contribution in [1.82, 2.24) is 0 Å². The number of hydrogen-bond donors (Lipinski definition) is 1. The number of nitrogens with zero attached hydrogens (tertiary/aromatic N) is 1.